The van der Waals surface area contributed by atoms with E-state index < -0.39 is 10.0 Å². The molecule has 0 bridgehead atoms. The van der Waals surface area contributed by atoms with Crippen LogP contribution in [-0.4, -0.2) is 24.9 Å². The fraction of sp³-hybridized carbons (Fsp3) is 0.467. The molecule has 7 heteroatoms. The van der Waals surface area contributed by atoms with Crippen molar-refractivity contribution in [2.24, 2.45) is 0 Å². The van der Waals surface area contributed by atoms with Crippen LogP contribution in [0, 0.1) is 0 Å². The predicted molar refractivity (Wildman–Crippen MR) is 88.5 cm³/mol. The first-order valence-corrected chi connectivity index (χ1v) is 9.99. The van der Waals surface area contributed by atoms with E-state index in [2.05, 4.69) is 28.8 Å². The Morgan fingerprint density at radius 3 is 2.73 bits per heavy atom. The van der Waals surface area contributed by atoms with Crippen molar-refractivity contribution in [3.63, 3.8) is 0 Å². The molecular formula is C15H19N3O2S2. The lowest BCUT2D eigenvalue weighted by atomic mass is 10.0. The molecule has 3 rings (SSSR count). The highest BCUT2D eigenvalue weighted by atomic mass is 32.2. The molecule has 1 aromatic carbocycles. The largest absolute Gasteiger partial charge is 0.213 e. The molecule has 2 aromatic rings. The highest BCUT2D eigenvalue weighted by Crippen LogP contribution is 2.39. The maximum Gasteiger partial charge on any atom is 0.209 e. The van der Waals surface area contributed by atoms with Gasteiger partial charge in [-0.2, -0.15) is 0 Å². The van der Waals surface area contributed by atoms with Gasteiger partial charge in [0.1, 0.15) is 10.0 Å². The van der Waals surface area contributed by atoms with Crippen LogP contribution in [0.15, 0.2) is 18.2 Å². The van der Waals surface area contributed by atoms with Gasteiger partial charge in [0.25, 0.3) is 0 Å². The molecule has 1 heterocycles. The van der Waals surface area contributed by atoms with E-state index in [1.54, 1.807) is 11.3 Å². The SMILES string of the molecule is CC(C)c1nnc(-c2cccc3c2CCC3NS(C)(=O)=O)s1. The van der Waals surface area contributed by atoms with Crippen LogP contribution in [0.5, 0.6) is 0 Å². The van der Waals surface area contributed by atoms with E-state index in [4.69, 9.17) is 0 Å². The molecule has 1 N–H and O–H groups in total. The minimum atomic E-state index is -3.21. The molecule has 22 heavy (non-hydrogen) atoms. The minimum Gasteiger partial charge on any atom is -0.213 e. The van der Waals surface area contributed by atoms with Crippen LogP contribution in [-0.2, 0) is 16.4 Å². The Labute approximate surface area is 134 Å². The molecule has 5 nitrogen and oxygen atoms in total. The molecule has 1 atom stereocenters. The van der Waals surface area contributed by atoms with Crippen LogP contribution < -0.4 is 4.72 Å². The quantitative estimate of drug-likeness (QED) is 0.931. The zero-order valence-electron chi connectivity index (χ0n) is 12.8. The molecule has 0 radical (unpaired) electrons. The van der Waals surface area contributed by atoms with Gasteiger partial charge < -0.3 is 0 Å². The number of fused-ring (bicyclic) bond motifs is 1. The van der Waals surface area contributed by atoms with E-state index in [1.165, 1.54) is 11.8 Å². The van der Waals surface area contributed by atoms with Crippen LogP contribution in [0.1, 0.15) is 48.4 Å². The summed E-state index contributed by atoms with van der Waals surface area (Å²) in [7, 11) is -3.21. The molecule has 0 aliphatic heterocycles. The summed E-state index contributed by atoms with van der Waals surface area (Å²) in [5.74, 6) is 0.364. The number of benzene rings is 1. The Bertz CT molecular complexity index is 797. The van der Waals surface area contributed by atoms with Crippen molar-refractivity contribution in [3.05, 3.63) is 34.3 Å². The van der Waals surface area contributed by atoms with E-state index in [1.807, 2.05) is 18.2 Å². The average Bonchev–Trinajstić information content (AvgIpc) is 3.04. The fourth-order valence-corrected chi connectivity index (χ4v) is 4.47. The second-order valence-electron chi connectivity index (χ2n) is 5.95. The Morgan fingerprint density at radius 1 is 1.32 bits per heavy atom. The van der Waals surface area contributed by atoms with Crippen molar-refractivity contribution < 1.29 is 8.42 Å². The Balaban J connectivity index is 1.98. The zero-order chi connectivity index (χ0) is 15.9. The number of nitrogens with one attached hydrogen (secondary N) is 1. The molecule has 1 aliphatic carbocycles. The smallest absolute Gasteiger partial charge is 0.209 e. The van der Waals surface area contributed by atoms with E-state index in [-0.39, 0.29) is 6.04 Å². The minimum absolute atomic E-state index is 0.137. The fourth-order valence-electron chi connectivity index (χ4n) is 2.81. The second-order valence-corrected chi connectivity index (χ2v) is 8.74. The van der Waals surface area contributed by atoms with Crippen LogP contribution >= 0.6 is 11.3 Å². The monoisotopic (exact) mass is 337 g/mol. The first-order valence-electron chi connectivity index (χ1n) is 7.28. The van der Waals surface area contributed by atoms with Crippen molar-refractivity contribution in [3.8, 4) is 10.6 Å². The lowest BCUT2D eigenvalue weighted by Gasteiger charge is -2.12. The van der Waals surface area contributed by atoms with E-state index in [9.17, 15) is 8.42 Å². The lowest BCUT2D eigenvalue weighted by molar-refractivity contribution is 0.560. The average molecular weight is 337 g/mol. The topological polar surface area (TPSA) is 72.0 Å². The molecule has 0 fully saturated rings. The van der Waals surface area contributed by atoms with Gasteiger partial charge in [-0.1, -0.05) is 43.4 Å². The number of aromatic nitrogens is 2. The number of nitrogens with zero attached hydrogens (tertiary/aromatic N) is 2. The first-order chi connectivity index (χ1) is 10.3. The molecule has 1 aliphatic rings. The van der Waals surface area contributed by atoms with Crippen molar-refractivity contribution in [2.45, 2.75) is 38.6 Å². The van der Waals surface area contributed by atoms with Crippen molar-refractivity contribution in [1.82, 2.24) is 14.9 Å². The standard InChI is InChI=1S/C15H19N3O2S2/c1-9(2)14-16-17-15(21-14)12-6-4-5-11-10(12)7-8-13(11)18-22(3,19)20/h4-6,9,13,18H,7-8H2,1-3H3. The maximum atomic E-state index is 11.5. The number of hydrogen-bond donors (Lipinski definition) is 1. The van der Waals surface area contributed by atoms with Gasteiger partial charge in [-0.05, 0) is 24.0 Å². The zero-order valence-corrected chi connectivity index (χ0v) is 14.5. The third kappa shape index (κ3) is 3.06. The highest BCUT2D eigenvalue weighted by Gasteiger charge is 2.27. The number of rotatable bonds is 4. The molecule has 1 aromatic heterocycles. The Hall–Kier alpha value is -1.31. The summed E-state index contributed by atoms with van der Waals surface area (Å²) in [6.07, 6.45) is 2.85. The normalized spacial score (nSPS) is 17.9. The summed E-state index contributed by atoms with van der Waals surface area (Å²) >= 11 is 1.61. The van der Waals surface area contributed by atoms with Gasteiger partial charge >= 0.3 is 0 Å². The van der Waals surface area contributed by atoms with Gasteiger partial charge in [0.15, 0.2) is 0 Å². The molecular weight excluding hydrogens is 318 g/mol. The van der Waals surface area contributed by atoms with Gasteiger partial charge in [0.2, 0.25) is 10.0 Å². The summed E-state index contributed by atoms with van der Waals surface area (Å²) in [5, 5.41) is 10.5. The number of sulfonamides is 1. The van der Waals surface area contributed by atoms with Crippen molar-refractivity contribution >= 4 is 21.4 Å². The number of hydrogen-bond acceptors (Lipinski definition) is 5. The van der Waals surface area contributed by atoms with Crippen LogP contribution in [0.2, 0.25) is 0 Å². The molecule has 0 saturated heterocycles. The Morgan fingerprint density at radius 2 is 2.09 bits per heavy atom. The van der Waals surface area contributed by atoms with Crippen molar-refractivity contribution in [2.75, 3.05) is 6.26 Å². The van der Waals surface area contributed by atoms with E-state index >= 15 is 0 Å². The van der Waals surface area contributed by atoms with Crippen LogP contribution in [0.4, 0.5) is 0 Å². The third-order valence-electron chi connectivity index (χ3n) is 3.79. The van der Waals surface area contributed by atoms with Gasteiger partial charge in [0, 0.05) is 17.5 Å². The summed E-state index contributed by atoms with van der Waals surface area (Å²) in [6.45, 7) is 4.21. The van der Waals surface area contributed by atoms with Gasteiger partial charge in [-0.15, -0.1) is 10.2 Å². The van der Waals surface area contributed by atoms with Gasteiger partial charge in [-0.25, -0.2) is 13.1 Å². The predicted octanol–water partition coefficient (Wildman–Crippen LogP) is 2.87. The first kappa shape index (κ1) is 15.6. The summed E-state index contributed by atoms with van der Waals surface area (Å²) in [6, 6.07) is 5.88. The molecule has 1 unspecified atom stereocenters. The van der Waals surface area contributed by atoms with Crippen molar-refractivity contribution in [1.29, 1.82) is 0 Å². The van der Waals surface area contributed by atoms with E-state index in [0.29, 0.717) is 5.92 Å². The summed E-state index contributed by atoms with van der Waals surface area (Å²) in [4.78, 5) is 0. The molecule has 118 valence electrons. The Kier molecular flexibility index (Phi) is 4.05. The molecule has 0 amide bonds. The molecule has 0 saturated carbocycles. The summed E-state index contributed by atoms with van der Waals surface area (Å²) in [5.41, 5.74) is 3.33. The summed E-state index contributed by atoms with van der Waals surface area (Å²) < 4.78 is 25.7. The van der Waals surface area contributed by atoms with Gasteiger partial charge in [-0.3, -0.25) is 0 Å². The van der Waals surface area contributed by atoms with Crippen LogP contribution in [0.3, 0.4) is 0 Å². The van der Waals surface area contributed by atoms with Crippen LogP contribution in [0.25, 0.3) is 10.6 Å². The van der Waals surface area contributed by atoms with Gasteiger partial charge in [0.05, 0.1) is 6.26 Å². The highest BCUT2D eigenvalue weighted by molar-refractivity contribution is 7.88. The second kappa shape index (κ2) is 5.72. The molecule has 0 spiro atoms. The van der Waals surface area contributed by atoms with E-state index in [0.717, 1.165) is 34.0 Å². The lowest BCUT2D eigenvalue weighted by Crippen LogP contribution is -2.25. The maximum absolute atomic E-state index is 11.5. The third-order valence-corrected chi connectivity index (χ3v) is 5.76.